The minimum absolute atomic E-state index is 0.216. The minimum Gasteiger partial charge on any atom is -0.496 e. The highest BCUT2D eigenvalue weighted by Crippen LogP contribution is 2.24. The molecule has 0 fully saturated rings. The Morgan fingerprint density at radius 1 is 1.10 bits per heavy atom. The number of benzene rings is 2. The zero-order valence-corrected chi connectivity index (χ0v) is 11.7. The number of hydrogen-bond donors (Lipinski definition) is 2. The summed E-state index contributed by atoms with van der Waals surface area (Å²) in [5.74, 6) is 1.07. The van der Waals surface area contributed by atoms with Crippen LogP contribution in [0.5, 0.6) is 11.5 Å². The topological polar surface area (TPSA) is 58.9 Å². The van der Waals surface area contributed by atoms with Crippen molar-refractivity contribution in [2.75, 3.05) is 7.11 Å². The van der Waals surface area contributed by atoms with E-state index in [1.165, 1.54) is 0 Å². The van der Waals surface area contributed by atoms with E-state index < -0.39 is 7.12 Å². The Balaban J connectivity index is 2.19. The second kappa shape index (κ2) is 6.66. The van der Waals surface area contributed by atoms with Gasteiger partial charge in [-0.1, -0.05) is 29.8 Å². The van der Waals surface area contributed by atoms with E-state index in [0.29, 0.717) is 22.0 Å². The Morgan fingerprint density at radius 2 is 1.85 bits per heavy atom. The molecule has 0 saturated carbocycles. The quantitative estimate of drug-likeness (QED) is 0.822. The molecule has 0 unspecified atom stereocenters. The highest BCUT2D eigenvalue weighted by atomic mass is 35.5. The van der Waals surface area contributed by atoms with E-state index in [0.717, 1.165) is 5.56 Å². The van der Waals surface area contributed by atoms with Crippen LogP contribution < -0.4 is 14.9 Å². The van der Waals surface area contributed by atoms with Crippen molar-refractivity contribution >= 4 is 24.2 Å². The SMILES string of the molecule is COc1ccc(Cl)cc1COc1ccccc1B(O)O. The highest BCUT2D eigenvalue weighted by Gasteiger charge is 2.16. The van der Waals surface area contributed by atoms with Gasteiger partial charge in [-0.15, -0.1) is 0 Å². The fourth-order valence-electron chi connectivity index (χ4n) is 1.84. The first-order valence-corrected chi connectivity index (χ1v) is 6.40. The molecule has 0 spiro atoms. The van der Waals surface area contributed by atoms with E-state index in [2.05, 4.69) is 0 Å². The molecule has 0 bridgehead atoms. The van der Waals surface area contributed by atoms with Gasteiger partial charge in [0.1, 0.15) is 18.1 Å². The van der Waals surface area contributed by atoms with Crippen molar-refractivity contribution in [3.8, 4) is 11.5 Å². The second-order valence-corrected chi connectivity index (χ2v) is 4.59. The zero-order valence-electron chi connectivity index (χ0n) is 10.9. The molecule has 6 heteroatoms. The van der Waals surface area contributed by atoms with Gasteiger partial charge in [-0.05, 0) is 24.3 Å². The number of rotatable bonds is 5. The Kier molecular flexibility index (Phi) is 4.90. The van der Waals surface area contributed by atoms with E-state index in [1.807, 2.05) is 0 Å². The molecule has 0 aliphatic rings. The van der Waals surface area contributed by atoms with Crippen LogP contribution in [0.1, 0.15) is 5.56 Å². The van der Waals surface area contributed by atoms with Gasteiger partial charge in [0.25, 0.3) is 0 Å². The summed E-state index contributed by atoms with van der Waals surface area (Å²) in [7, 11) is -0.00881. The van der Waals surface area contributed by atoms with E-state index >= 15 is 0 Å². The summed E-state index contributed by atoms with van der Waals surface area (Å²) in [5, 5.41) is 19.1. The van der Waals surface area contributed by atoms with Crippen molar-refractivity contribution < 1.29 is 19.5 Å². The van der Waals surface area contributed by atoms with Crippen molar-refractivity contribution in [1.29, 1.82) is 0 Å². The smallest absolute Gasteiger partial charge is 0.492 e. The Hall–Kier alpha value is -1.69. The van der Waals surface area contributed by atoms with Gasteiger partial charge in [0.2, 0.25) is 0 Å². The molecular formula is C14H14BClO4. The van der Waals surface area contributed by atoms with Gasteiger partial charge >= 0.3 is 7.12 Å². The van der Waals surface area contributed by atoms with Crippen LogP contribution in [0.2, 0.25) is 5.02 Å². The van der Waals surface area contributed by atoms with Crippen LogP contribution in [0.15, 0.2) is 42.5 Å². The van der Waals surface area contributed by atoms with E-state index in [4.69, 9.17) is 21.1 Å². The number of ether oxygens (including phenoxy) is 2. The average Bonchev–Trinajstić information content (AvgIpc) is 2.45. The molecule has 2 aromatic rings. The maximum absolute atomic E-state index is 9.28. The largest absolute Gasteiger partial charge is 0.496 e. The molecule has 0 radical (unpaired) electrons. The number of hydrogen-bond acceptors (Lipinski definition) is 4. The molecule has 104 valence electrons. The Morgan fingerprint density at radius 3 is 2.55 bits per heavy atom. The summed E-state index contributed by atoms with van der Waals surface area (Å²) in [6.45, 7) is 0.216. The summed E-state index contributed by atoms with van der Waals surface area (Å²) >= 11 is 5.95. The Labute approximate surface area is 122 Å². The van der Waals surface area contributed by atoms with Gasteiger partial charge in [0.15, 0.2) is 0 Å². The van der Waals surface area contributed by atoms with E-state index in [1.54, 1.807) is 49.6 Å². The highest BCUT2D eigenvalue weighted by molar-refractivity contribution is 6.59. The molecule has 2 rings (SSSR count). The van der Waals surface area contributed by atoms with Crippen molar-refractivity contribution in [2.24, 2.45) is 0 Å². The summed E-state index contributed by atoms with van der Waals surface area (Å²) < 4.78 is 10.9. The second-order valence-electron chi connectivity index (χ2n) is 4.16. The normalized spacial score (nSPS) is 10.2. The standard InChI is InChI=1S/C14H14BClO4/c1-19-13-7-6-11(16)8-10(13)9-20-14-5-3-2-4-12(14)15(17)18/h2-8,17-18H,9H2,1H3. The van der Waals surface area contributed by atoms with Crippen molar-refractivity contribution in [3.05, 3.63) is 53.1 Å². The van der Waals surface area contributed by atoms with Crippen molar-refractivity contribution in [1.82, 2.24) is 0 Å². The number of methoxy groups -OCH3 is 1. The van der Waals surface area contributed by atoms with Crippen molar-refractivity contribution in [3.63, 3.8) is 0 Å². The Bertz CT molecular complexity index is 589. The van der Waals surface area contributed by atoms with Crippen LogP contribution in [0.3, 0.4) is 0 Å². The van der Waals surface area contributed by atoms with Crippen LogP contribution in [-0.4, -0.2) is 24.3 Å². The van der Waals surface area contributed by atoms with Gasteiger partial charge in [-0.2, -0.15) is 0 Å². The molecule has 0 amide bonds. The van der Waals surface area contributed by atoms with Gasteiger partial charge in [0, 0.05) is 16.0 Å². The molecule has 0 aromatic heterocycles. The molecule has 0 aliphatic carbocycles. The predicted molar refractivity (Wildman–Crippen MR) is 78.6 cm³/mol. The van der Waals surface area contributed by atoms with Gasteiger partial charge in [-0.3, -0.25) is 0 Å². The summed E-state index contributed by atoms with van der Waals surface area (Å²) in [5.41, 5.74) is 1.09. The van der Waals surface area contributed by atoms with Gasteiger partial charge < -0.3 is 19.5 Å². The fourth-order valence-corrected chi connectivity index (χ4v) is 2.04. The maximum Gasteiger partial charge on any atom is 0.492 e. The minimum atomic E-state index is -1.58. The van der Waals surface area contributed by atoms with Crippen LogP contribution in [-0.2, 0) is 6.61 Å². The monoisotopic (exact) mass is 292 g/mol. The van der Waals surface area contributed by atoms with Crippen LogP contribution in [0.4, 0.5) is 0 Å². The van der Waals surface area contributed by atoms with Crippen LogP contribution in [0, 0.1) is 0 Å². The third kappa shape index (κ3) is 3.45. The lowest BCUT2D eigenvalue weighted by Crippen LogP contribution is -2.31. The van der Waals surface area contributed by atoms with Gasteiger partial charge in [0.05, 0.1) is 7.11 Å². The lowest BCUT2D eigenvalue weighted by Gasteiger charge is -2.13. The molecule has 0 atom stereocenters. The first kappa shape index (κ1) is 14.7. The molecule has 0 saturated heterocycles. The predicted octanol–water partition coefficient (Wildman–Crippen LogP) is 1.61. The summed E-state index contributed by atoms with van der Waals surface area (Å²) in [6, 6.07) is 12.0. The molecule has 2 N–H and O–H groups in total. The summed E-state index contributed by atoms with van der Waals surface area (Å²) in [4.78, 5) is 0. The fraction of sp³-hybridized carbons (Fsp3) is 0.143. The van der Waals surface area contributed by atoms with Crippen LogP contribution >= 0.6 is 11.6 Å². The van der Waals surface area contributed by atoms with Gasteiger partial charge in [-0.25, -0.2) is 0 Å². The number of para-hydroxylation sites is 1. The zero-order chi connectivity index (χ0) is 14.5. The third-order valence-electron chi connectivity index (χ3n) is 2.82. The van der Waals surface area contributed by atoms with E-state index in [9.17, 15) is 10.0 Å². The summed E-state index contributed by atoms with van der Waals surface area (Å²) in [6.07, 6.45) is 0. The van der Waals surface area contributed by atoms with E-state index in [-0.39, 0.29) is 6.61 Å². The first-order valence-electron chi connectivity index (χ1n) is 6.02. The molecular weight excluding hydrogens is 278 g/mol. The molecule has 0 aliphatic heterocycles. The third-order valence-corrected chi connectivity index (χ3v) is 3.06. The lowest BCUT2D eigenvalue weighted by atomic mass is 9.79. The first-order chi connectivity index (χ1) is 9.61. The lowest BCUT2D eigenvalue weighted by molar-refractivity contribution is 0.297. The maximum atomic E-state index is 9.28. The molecule has 0 heterocycles. The molecule has 2 aromatic carbocycles. The number of halogens is 1. The van der Waals surface area contributed by atoms with Crippen molar-refractivity contribution in [2.45, 2.75) is 6.61 Å². The average molecular weight is 293 g/mol. The molecule has 20 heavy (non-hydrogen) atoms. The molecule has 4 nitrogen and oxygen atoms in total. The van der Waals surface area contributed by atoms with Crippen LogP contribution in [0.25, 0.3) is 0 Å².